The first-order valence-corrected chi connectivity index (χ1v) is 15.2. The summed E-state index contributed by atoms with van der Waals surface area (Å²) in [5.41, 5.74) is 10.1. The Kier molecular flexibility index (Phi) is 6.38. The number of aromatic nitrogens is 8. The number of benzene rings is 2. The van der Waals surface area contributed by atoms with Gasteiger partial charge in [0.2, 0.25) is 0 Å². The zero-order valence-corrected chi connectivity index (χ0v) is 24.9. The Balaban J connectivity index is 1.08. The second-order valence-corrected chi connectivity index (χ2v) is 11.1. The van der Waals surface area contributed by atoms with Gasteiger partial charge in [0, 0.05) is 0 Å². The minimum absolute atomic E-state index is 0.498. The summed E-state index contributed by atoms with van der Waals surface area (Å²) in [6.45, 7) is 2.09. The van der Waals surface area contributed by atoms with Gasteiger partial charge in [0.1, 0.15) is 0 Å². The van der Waals surface area contributed by atoms with Gasteiger partial charge in [0.25, 0.3) is 0 Å². The van der Waals surface area contributed by atoms with Gasteiger partial charge in [-0.15, -0.1) is 0 Å². The molecule has 0 fully saturated rings. The fourth-order valence-electron chi connectivity index (χ4n) is 5.91. The molecule has 0 saturated heterocycles. The van der Waals surface area contributed by atoms with Gasteiger partial charge >= 0.3 is 270 Å². The van der Waals surface area contributed by atoms with Crippen LogP contribution >= 0.6 is 0 Å². The topological polar surface area (TPSA) is 94.6 Å². The van der Waals surface area contributed by atoms with Crippen LogP contribution in [0, 0.1) is 0 Å². The van der Waals surface area contributed by atoms with Gasteiger partial charge in [-0.2, -0.15) is 0 Å². The Morgan fingerprint density at radius 2 is 1.17 bits per heavy atom. The van der Waals surface area contributed by atoms with E-state index in [1.807, 2.05) is 91.0 Å². The molecule has 0 N–H and O–H groups in total. The van der Waals surface area contributed by atoms with E-state index >= 15 is 0 Å². The summed E-state index contributed by atoms with van der Waals surface area (Å²) in [5, 5.41) is 1.05. The van der Waals surface area contributed by atoms with Crippen LogP contribution < -0.4 is 0 Å². The molecule has 9 aromatic rings. The Labute approximate surface area is 269 Å². The number of hydrogen-bond donors (Lipinski definition) is 0. The zero-order valence-electron chi connectivity index (χ0n) is 24.9. The fourth-order valence-corrected chi connectivity index (χ4v) is 5.91. The number of imidazole rings is 1. The van der Waals surface area contributed by atoms with E-state index in [4.69, 9.17) is 19.9 Å². The second kappa shape index (κ2) is 11.2. The summed E-state index contributed by atoms with van der Waals surface area (Å²) in [4.78, 5) is 33.3. The molecule has 7 aromatic heterocycles. The molecule has 0 saturated carbocycles. The summed E-state index contributed by atoms with van der Waals surface area (Å²) in [6, 6.07) is 38.3. The van der Waals surface area contributed by atoms with E-state index in [9.17, 15) is 0 Å². The third-order valence-corrected chi connectivity index (χ3v) is 8.20. The molecule has 0 radical (unpaired) electrons. The van der Waals surface area contributed by atoms with E-state index in [2.05, 4.69) is 62.7 Å². The van der Waals surface area contributed by atoms with Crippen LogP contribution in [-0.2, 0) is 0 Å². The molecule has 0 aliphatic rings. The maximum absolute atomic E-state index is 5.11. The molecule has 0 aliphatic heterocycles. The molecule has 8 nitrogen and oxygen atoms in total. The molecular weight excluding hydrogens is 579 g/mol. The van der Waals surface area contributed by atoms with Crippen molar-refractivity contribution in [3.63, 3.8) is 0 Å². The molecule has 7 heterocycles. The van der Waals surface area contributed by atoms with Crippen LogP contribution in [0.4, 0.5) is 0 Å². The van der Waals surface area contributed by atoms with E-state index < -0.39 is 0 Å². The summed E-state index contributed by atoms with van der Waals surface area (Å²) in [6.07, 6.45) is 5.51. The second-order valence-electron chi connectivity index (χ2n) is 11.1. The van der Waals surface area contributed by atoms with Crippen LogP contribution in [0.15, 0.2) is 140 Å². The van der Waals surface area contributed by atoms with Crippen LogP contribution in [0.1, 0.15) is 0 Å². The molecule has 47 heavy (non-hydrogen) atoms. The number of para-hydroxylation sites is 1. The predicted octanol–water partition coefficient (Wildman–Crippen LogP) is 7.68. The molecule has 2 aromatic carbocycles. The Morgan fingerprint density at radius 1 is 0.511 bits per heavy atom. The van der Waals surface area contributed by atoms with Crippen LogP contribution in [0.5, 0.6) is 0 Å². The van der Waals surface area contributed by atoms with E-state index in [1.165, 1.54) is 0 Å². The summed E-state index contributed by atoms with van der Waals surface area (Å²) in [7, 11) is 0. The molecule has 9 heteroatoms. The van der Waals surface area contributed by atoms with Crippen LogP contribution in [0.2, 0.25) is 0 Å². The van der Waals surface area contributed by atoms with Gasteiger partial charge < -0.3 is 0 Å². The van der Waals surface area contributed by atoms with Gasteiger partial charge in [-0.3, -0.25) is 0 Å². The number of rotatable bonds is 5. The molecule has 218 valence electrons. The van der Waals surface area contributed by atoms with Crippen molar-refractivity contribution in [3.8, 4) is 56.7 Å². The SMILES string of the molecule is b1cc(-c2nc(-c3ccccn3)nc(-c3ccccn3)n2)ccc1-c1ccc(-c2nc3ccccc3c3nc4ccccn4c23)cc1. The molecule has 0 unspecified atom stereocenters. The Bertz CT molecular complexity index is 2490. The van der Waals surface area contributed by atoms with Crippen molar-refractivity contribution in [1.82, 2.24) is 39.3 Å². The fraction of sp³-hybridized carbons (Fsp3) is 0. The van der Waals surface area contributed by atoms with Gasteiger partial charge in [0.15, 0.2) is 0 Å². The predicted molar refractivity (Wildman–Crippen MR) is 186 cm³/mol. The molecule has 9 rings (SSSR count). The summed E-state index contributed by atoms with van der Waals surface area (Å²) in [5.74, 6) is 3.59. The van der Waals surface area contributed by atoms with Crippen molar-refractivity contribution in [1.29, 1.82) is 0 Å². The molecule has 0 aliphatic carbocycles. The summed E-state index contributed by atoms with van der Waals surface area (Å²) < 4.78 is 2.12. The first-order chi connectivity index (χ1) is 23.3. The van der Waals surface area contributed by atoms with Crippen molar-refractivity contribution >= 4 is 34.5 Å². The van der Waals surface area contributed by atoms with Gasteiger partial charge in [-0.1, -0.05) is 0 Å². The Morgan fingerprint density at radius 3 is 1.87 bits per heavy atom. The standard InChI is InChI=1S/C38H23BN8/c1-2-10-29-27(9-1)34-35(47-22-8-5-13-32(47)43-34)33(42-29)25-16-14-24(15-17-25)28-19-18-26(23-39-28)36-44-37(30-11-3-6-20-40-30)46-38(45-36)31-12-4-7-21-41-31/h1-23H. The van der Waals surface area contributed by atoms with Gasteiger partial charge in [-0.25, -0.2) is 0 Å². The van der Waals surface area contributed by atoms with Crippen molar-refractivity contribution in [2.45, 2.75) is 0 Å². The minimum atomic E-state index is 0.498. The van der Waals surface area contributed by atoms with Gasteiger partial charge in [0.05, 0.1) is 0 Å². The van der Waals surface area contributed by atoms with E-state index in [0.29, 0.717) is 28.9 Å². The summed E-state index contributed by atoms with van der Waals surface area (Å²) >= 11 is 0. The van der Waals surface area contributed by atoms with E-state index in [1.54, 1.807) is 12.4 Å². The molecular formula is C38H23BN8. The number of hydrogen-bond acceptors (Lipinski definition) is 7. The zero-order chi connectivity index (χ0) is 31.2. The molecule has 0 amide bonds. The monoisotopic (exact) mass is 602 g/mol. The van der Waals surface area contributed by atoms with Crippen molar-refractivity contribution < 1.29 is 0 Å². The quantitative estimate of drug-likeness (QED) is 0.199. The molecule has 0 bridgehead atoms. The van der Waals surface area contributed by atoms with Crippen LogP contribution in [0.25, 0.3) is 84.3 Å². The van der Waals surface area contributed by atoms with E-state index in [-0.39, 0.29) is 0 Å². The average molecular weight is 602 g/mol. The van der Waals surface area contributed by atoms with E-state index in [0.717, 1.165) is 55.4 Å². The number of fused-ring (bicyclic) bond motifs is 5. The normalized spacial score (nSPS) is 11.3. The Hall–Kier alpha value is -6.48. The third kappa shape index (κ3) is 4.81. The first kappa shape index (κ1) is 26.9. The average Bonchev–Trinajstić information content (AvgIpc) is 3.55. The van der Waals surface area contributed by atoms with Gasteiger partial charge in [-0.05, 0) is 0 Å². The third-order valence-electron chi connectivity index (χ3n) is 8.20. The molecule has 0 atom stereocenters. The number of pyridine rings is 4. The van der Waals surface area contributed by atoms with Crippen molar-refractivity contribution in [2.24, 2.45) is 0 Å². The first-order valence-electron chi connectivity index (χ1n) is 15.2. The maximum atomic E-state index is 5.11. The van der Waals surface area contributed by atoms with Crippen LogP contribution in [-0.4, -0.2) is 46.2 Å². The van der Waals surface area contributed by atoms with Crippen molar-refractivity contribution in [3.05, 3.63) is 140 Å². The van der Waals surface area contributed by atoms with Crippen LogP contribution in [0.3, 0.4) is 0 Å². The number of nitrogens with zero attached hydrogens (tertiary/aromatic N) is 8. The molecule has 0 spiro atoms. The van der Waals surface area contributed by atoms with Crippen molar-refractivity contribution in [2.75, 3.05) is 0 Å².